The van der Waals surface area contributed by atoms with E-state index in [1.54, 1.807) is 62.6 Å². The molecule has 0 fully saturated rings. The molecule has 0 aliphatic rings. The largest absolute Gasteiger partial charge is 0.490 e. The van der Waals surface area contributed by atoms with E-state index in [4.69, 9.17) is 36.0 Å². The molecule has 1 unspecified atom stereocenters. The molecular formula is C38H40ClN9O8S. The number of nitrogen functional groups attached to an aromatic ring is 1. The van der Waals surface area contributed by atoms with E-state index in [9.17, 15) is 29.7 Å². The number of nitrogens with two attached hydrogens (primary N) is 1. The van der Waals surface area contributed by atoms with Crippen molar-refractivity contribution in [3.63, 3.8) is 0 Å². The second-order valence-electron chi connectivity index (χ2n) is 12.3. The van der Waals surface area contributed by atoms with Crippen molar-refractivity contribution < 1.29 is 37.8 Å². The zero-order chi connectivity index (χ0) is 41.5. The fourth-order valence-corrected chi connectivity index (χ4v) is 6.04. The standard InChI is InChI=1S/C38H40ClN9O8S/c1-21(45-31(49)15-43-3)37(51)55-19-28(56-38(52)22(2)46-32(50)16-44-4)18-53-27-11-7-23(8-12-27)33-29(13-40)34(42)48-36(30(33)14-41)57-20-26-17-54-35(47-26)24-5-9-25(39)10-6-24/h5-12,17,21-22,28,43-44H,15-16,18-20H2,1-4H3,(H2,42,48)(H,45,49)(H,46,50)/t21-,22?,28-/m0/s1. The van der Waals surface area contributed by atoms with Crippen LogP contribution in [-0.2, 0) is 34.4 Å². The molecule has 3 atom stereocenters. The van der Waals surface area contributed by atoms with Crippen molar-refractivity contribution in [3.8, 4) is 40.5 Å². The summed E-state index contributed by atoms with van der Waals surface area (Å²) in [5.41, 5.74) is 8.42. The molecular weight excluding hydrogens is 778 g/mol. The first-order chi connectivity index (χ1) is 27.4. The minimum absolute atomic E-state index is 0.0110. The van der Waals surface area contributed by atoms with Crippen molar-refractivity contribution in [2.24, 2.45) is 0 Å². The van der Waals surface area contributed by atoms with Gasteiger partial charge in [-0.1, -0.05) is 35.5 Å². The van der Waals surface area contributed by atoms with Crippen LogP contribution in [0.2, 0.25) is 5.02 Å². The van der Waals surface area contributed by atoms with Crippen LogP contribution in [0.3, 0.4) is 0 Å². The topological polar surface area (TPSA) is 257 Å². The first-order valence-corrected chi connectivity index (χ1v) is 18.7. The van der Waals surface area contributed by atoms with Gasteiger partial charge in [-0.2, -0.15) is 10.5 Å². The molecule has 4 rings (SSSR count). The van der Waals surface area contributed by atoms with Gasteiger partial charge < -0.3 is 45.6 Å². The van der Waals surface area contributed by atoms with Gasteiger partial charge in [-0.25, -0.2) is 19.6 Å². The summed E-state index contributed by atoms with van der Waals surface area (Å²) in [7, 11) is 3.16. The number of nitrogens with zero attached hydrogens (tertiary/aromatic N) is 4. The lowest BCUT2D eigenvalue weighted by Crippen LogP contribution is -2.46. The van der Waals surface area contributed by atoms with E-state index in [0.717, 1.165) is 5.56 Å². The van der Waals surface area contributed by atoms with Crippen molar-refractivity contribution in [1.82, 2.24) is 31.2 Å². The van der Waals surface area contributed by atoms with Crippen molar-refractivity contribution in [3.05, 3.63) is 76.6 Å². The minimum Gasteiger partial charge on any atom is -0.490 e. The van der Waals surface area contributed by atoms with Crippen LogP contribution in [0.4, 0.5) is 5.82 Å². The van der Waals surface area contributed by atoms with Crippen LogP contribution < -0.4 is 31.7 Å². The predicted molar refractivity (Wildman–Crippen MR) is 209 cm³/mol. The van der Waals surface area contributed by atoms with Gasteiger partial charge in [0.2, 0.25) is 17.7 Å². The number of nitrogens with one attached hydrogen (secondary N) is 4. The number of hydrogen-bond acceptors (Lipinski definition) is 16. The lowest BCUT2D eigenvalue weighted by molar-refractivity contribution is -0.163. The Morgan fingerprint density at radius 3 is 2.05 bits per heavy atom. The highest BCUT2D eigenvalue weighted by Gasteiger charge is 2.26. The molecule has 2 aromatic carbocycles. The molecule has 0 radical (unpaired) electrons. The van der Waals surface area contributed by atoms with E-state index in [2.05, 4.69) is 43.4 Å². The molecule has 17 nitrogen and oxygen atoms in total. The van der Waals surface area contributed by atoms with Crippen LogP contribution >= 0.6 is 23.4 Å². The lowest BCUT2D eigenvalue weighted by atomic mass is 9.97. The molecule has 4 aromatic rings. The summed E-state index contributed by atoms with van der Waals surface area (Å²) in [5, 5.41) is 31.5. The summed E-state index contributed by atoms with van der Waals surface area (Å²) in [4.78, 5) is 58.3. The Morgan fingerprint density at radius 2 is 1.46 bits per heavy atom. The van der Waals surface area contributed by atoms with Gasteiger partial charge in [0.1, 0.15) is 65.9 Å². The van der Waals surface area contributed by atoms with Crippen molar-refractivity contribution >= 4 is 52.9 Å². The van der Waals surface area contributed by atoms with Crippen molar-refractivity contribution in [2.75, 3.05) is 46.1 Å². The number of carbonyl (C=O) groups is 4. The normalized spacial score (nSPS) is 12.3. The molecule has 2 heterocycles. The molecule has 0 aliphatic carbocycles. The number of benzene rings is 2. The number of ether oxygens (including phenoxy) is 3. The highest BCUT2D eigenvalue weighted by Crippen LogP contribution is 2.37. The Balaban J connectivity index is 1.49. The average molecular weight is 818 g/mol. The first-order valence-electron chi connectivity index (χ1n) is 17.3. The average Bonchev–Trinajstić information content (AvgIpc) is 3.67. The number of amides is 2. The summed E-state index contributed by atoms with van der Waals surface area (Å²) < 4.78 is 22.4. The third-order valence-corrected chi connectivity index (χ3v) is 9.09. The summed E-state index contributed by atoms with van der Waals surface area (Å²) >= 11 is 7.19. The Morgan fingerprint density at radius 1 is 0.860 bits per heavy atom. The van der Waals surface area contributed by atoms with Crippen LogP contribution in [0, 0.1) is 22.7 Å². The van der Waals surface area contributed by atoms with Gasteiger partial charge in [-0.3, -0.25) is 9.59 Å². The van der Waals surface area contributed by atoms with Gasteiger partial charge in [0.25, 0.3) is 0 Å². The molecule has 0 saturated heterocycles. The number of aromatic nitrogens is 2. The third-order valence-electron chi connectivity index (χ3n) is 7.83. The number of pyridine rings is 1. The van der Waals surface area contributed by atoms with Gasteiger partial charge in [0, 0.05) is 21.9 Å². The first kappa shape index (κ1) is 43.5. The highest BCUT2D eigenvalue weighted by atomic mass is 35.5. The number of esters is 2. The van der Waals surface area contributed by atoms with E-state index < -0.39 is 48.5 Å². The van der Waals surface area contributed by atoms with Gasteiger partial charge in [0.15, 0.2) is 6.10 Å². The number of carbonyl (C=O) groups excluding carboxylic acids is 4. The Kier molecular flexibility index (Phi) is 16.2. The molecule has 298 valence electrons. The summed E-state index contributed by atoms with van der Waals surface area (Å²) in [6.07, 6.45) is 0.369. The fraction of sp³-hybridized carbons (Fsp3) is 0.316. The van der Waals surface area contributed by atoms with Crippen LogP contribution in [0.15, 0.2) is 64.2 Å². The van der Waals surface area contributed by atoms with Gasteiger partial charge >= 0.3 is 11.9 Å². The van der Waals surface area contributed by atoms with E-state index in [0.29, 0.717) is 27.9 Å². The van der Waals surface area contributed by atoms with Crippen LogP contribution in [0.1, 0.15) is 30.7 Å². The SMILES string of the molecule is CNCC(=O)NC(C)C(=O)O[C@H](COC(=O)[C@H](C)NC(=O)CNC)COc1ccc(-c2c(C#N)c(N)nc(SCc3coc(-c4ccc(Cl)cc4)n3)c2C#N)cc1. The zero-order valence-corrected chi connectivity index (χ0v) is 33.0. The number of thioether (sulfide) groups is 1. The number of halogens is 1. The van der Waals surface area contributed by atoms with E-state index in [1.807, 2.05) is 0 Å². The predicted octanol–water partition coefficient (Wildman–Crippen LogP) is 2.96. The maximum atomic E-state index is 12.9. The molecule has 2 aromatic heterocycles. The zero-order valence-electron chi connectivity index (χ0n) is 31.4. The molecule has 6 N–H and O–H groups in total. The van der Waals surface area contributed by atoms with Crippen molar-refractivity contribution in [1.29, 1.82) is 10.5 Å². The molecule has 0 bridgehead atoms. The number of nitriles is 2. The molecule has 2 amide bonds. The molecule has 0 aliphatic heterocycles. The Bertz CT molecular complexity index is 2140. The summed E-state index contributed by atoms with van der Waals surface area (Å²) in [6, 6.07) is 15.6. The van der Waals surface area contributed by atoms with Crippen LogP contribution in [-0.4, -0.2) is 92.3 Å². The Hall–Kier alpha value is -6.18. The highest BCUT2D eigenvalue weighted by molar-refractivity contribution is 7.98. The number of oxazole rings is 1. The second kappa shape index (κ2) is 21.2. The fourth-order valence-electron chi connectivity index (χ4n) is 5.05. The Labute approximate surface area is 337 Å². The van der Waals surface area contributed by atoms with Crippen LogP contribution in [0.5, 0.6) is 5.75 Å². The molecule has 19 heteroatoms. The molecule has 57 heavy (non-hydrogen) atoms. The molecule has 0 spiro atoms. The van der Waals surface area contributed by atoms with Gasteiger partial charge in [0.05, 0.1) is 24.3 Å². The van der Waals surface area contributed by atoms with Crippen LogP contribution in [0.25, 0.3) is 22.6 Å². The minimum atomic E-state index is -1.13. The second-order valence-corrected chi connectivity index (χ2v) is 13.7. The van der Waals surface area contributed by atoms with Gasteiger partial charge in [-0.15, -0.1) is 0 Å². The summed E-state index contributed by atoms with van der Waals surface area (Å²) in [5.74, 6) is -1.54. The molecule has 0 saturated carbocycles. The monoisotopic (exact) mass is 817 g/mol. The number of anilines is 1. The van der Waals surface area contributed by atoms with E-state index in [1.165, 1.54) is 31.9 Å². The lowest BCUT2D eigenvalue weighted by Gasteiger charge is -2.22. The smallest absolute Gasteiger partial charge is 0.328 e. The third kappa shape index (κ3) is 12.4. The van der Waals surface area contributed by atoms with Crippen molar-refractivity contribution in [2.45, 2.75) is 42.8 Å². The summed E-state index contributed by atoms with van der Waals surface area (Å²) in [6.45, 7) is 2.12. The number of rotatable bonds is 19. The number of likely N-dealkylation sites (N-methyl/N-ethyl adjacent to an activating group) is 2. The van der Waals surface area contributed by atoms with E-state index >= 15 is 0 Å². The van der Waals surface area contributed by atoms with E-state index in [-0.39, 0.29) is 53.0 Å². The van der Waals surface area contributed by atoms with Gasteiger partial charge in [-0.05, 0) is 69.9 Å². The maximum absolute atomic E-state index is 12.9. The quantitative estimate of drug-likeness (QED) is 0.0673. The number of hydrogen-bond donors (Lipinski definition) is 5. The maximum Gasteiger partial charge on any atom is 0.328 e.